The second-order valence-electron chi connectivity index (χ2n) is 0. The molecule has 0 saturated carbocycles. The molecular formula is CH11AlSiTa. The summed E-state index contributed by atoms with van der Waals surface area (Å²) in [6.45, 7) is 0. The quantitative estimate of drug-likeness (QED) is 0.441. The summed E-state index contributed by atoms with van der Waals surface area (Å²) in [5.41, 5.74) is 0. The summed E-state index contributed by atoms with van der Waals surface area (Å²) in [5, 5.41) is 0. The molecular weight excluding hydrogens is 248 g/mol. The molecule has 0 amide bonds. The van der Waals surface area contributed by atoms with E-state index in [9.17, 15) is 0 Å². The molecule has 0 unspecified atom stereocenters. The molecule has 3 heteroatoms. The molecule has 0 atom stereocenters. The molecule has 0 aromatic heterocycles. The van der Waals surface area contributed by atoms with E-state index in [1.807, 2.05) is 0 Å². The number of rotatable bonds is 0. The van der Waals surface area contributed by atoms with Gasteiger partial charge in [-0.3, -0.25) is 0 Å². The molecule has 0 aromatic rings. The van der Waals surface area contributed by atoms with Gasteiger partial charge in [0.05, 0.1) is 0 Å². The zero-order valence-corrected chi connectivity index (χ0v) is 3.66. The van der Waals surface area contributed by atoms with E-state index in [1.54, 1.807) is 0 Å². The third-order valence-electron chi connectivity index (χ3n) is 0. The first kappa shape index (κ1) is 49.9. The number of hydrogen-bond donors (Lipinski definition) is 0. The largest absolute Gasteiger partial charge is 0.187 e. The van der Waals surface area contributed by atoms with E-state index >= 15 is 0 Å². The van der Waals surface area contributed by atoms with Crippen LogP contribution in [0, 0.1) is 0 Å². The summed E-state index contributed by atoms with van der Waals surface area (Å²) in [6, 6.07) is 0. The monoisotopic (exact) mass is 259 g/mol. The maximum atomic E-state index is 0. The number of hydrogen-bond acceptors (Lipinski definition) is 0. The first-order valence-corrected chi connectivity index (χ1v) is 0. The van der Waals surface area contributed by atoms with Gasteiger partial charge in [0.15, 0.2) is 17.4 Å². The molecule has 0 aromatic carbocycles. The van der Waals surface area contributed by atoms with Gasteiger partial charge in [0.1, 0.15) is 0 Å². The Balaban J connectivity index is 0. The minimum atomic E-state index is 0. The second-order valence-corrected chi connectivity index (χ2v) is 0. The van der Waals surface area contributed by atoms with E-state index in [0.717, 1.165) is 0 Å². The summed E-state index contributed by atoms with van der Waals surface area (Å²) in [4.78, 5) is 0. The molecule has 0 N–H and O–H groups in total. The molecule has 0 spiro atoms. The Morgan fingerprint density at radius 1 is 1.00 bits per heavy atom. The topological polar surface area (TPSA) is 0 Å². The maximum Gasteiger partial charge on any atom is 0.187 e. The van der Waals surface area contributed by atoms with Crippen molar-refractivity contribution in [3.05, 3.63) is 0 Å². The summed E-state index contributed by atoms with van der Waals surface area (Å²) in [7, 11) is 0. The third kappa shape index (κ3) is 9.75. The third-order valence-corrected chi connectivity index (χ3v) is 0. The van der Waals surface area contributed by atoms with E-state index < -0.39 is 0 Å². The van der Waals surface area contributed by atoms with Gasteiger partial charge in [-0.2, -0.15) is 0 Å². The summed E-state index contributed by atoms with van der Waals surface area (Å²) in [6.07, 6.45) is 0. The first-order valence-electron chi connectivity index (χ1n) is 0. The molecule has 1 radical (unpaired) electrons. The fraction of sp³-hybridized carbons (Fsp3) is 1.00. The van der Waals surface area contributed by atoms with Crippen molar-refractivity contribution in [3.8, 4) is 0 Å². The minimum absolute atomic E-state index is 0. The van der Waals surface area contributed by atoms with Crippen LogP contribution < -0.4 is 0 Å². The van der Waals surface area contributed by atoms with Gasteiger partial charge >= 0.3 is 0 Å². The van der Waals surface area contributed by atoms with Crippen molar-refractivity contribution in [1.82, 2.24) is 0 Å². The van der Waals surface area contributed by atoms with Gasteiger partial charge in [-0.1, -0.05) is 7.43 Å². The van der Waals surface area contributed by atoms with E-state index in [-0.39, 0.29) is 58.1 Å². The van der Waals surface area contributed by atoms with Crippen molar-refractivity contribution in [3.63, 3.8) is 0 Å². The Bertz CT molecular complexity index is 8.00. The fourth-order valence-corrected chi connectivity index (χ4v) is 0. The molecule has 0 aliphatic heterocycles. The van der Waals surface area contributed by atoms with E-state index in [0.29, 0.717) is 0 Å². The Labute approximate surface area is 58.0 Å². The van der Waals surface area contributed by atoms with Crippen LogP contribution in [0.3, 0.4) is 0 Å². The van der Waals surface area contributed by atoms with Gasteiger partial charge in [0, 0.05) is 22.4 Å². The van der Waals surface area contributed by atoms with Crippen molar-refractivity contribution >= 4 is 28.3 Å². The Morgan fingerprint density at radius 3 is 1.00 bits per heavy atom. The SMILES string of the molecule is C.[AlH3].[SiH4].[Ta]. The van der Waals surface area contributed by atoms with Gasteiger partial charge in [-0.15, -0.1) is 0 Å². The summed E-state index contributed by atoms with van der Waals surface area (Å²) in [5.74, 6) is 0. The molecule has 0 fully saturated rings. The Kier molecular flexibility index (Phi) is 307. The molecule has 0 rings (SSSR count). The summed E-state index contributed by atoms with van der Waals surface area (Å²) < 4.78 is 0. The van der Waals surface area contributed by atoms with Crippen LogP contribution in [0.4, 0.5) is 0 Å². The van der Waals surface area contributed by atoms with Crippen molar-refractivity contribution < 1.29 is 22.4 Å². The van der Waals surface area contributed by atoms with Crippen LogP contribution >= 0.6 is 0 Å². The van der Waals surface area contributed by atoms with Crippen LogP contribution in [0.2, 0.25) is 0 Å². The molecule has 27 valence electrons. The average Bonchev–Trinajstić information content (AvgIpc) is 0. The average molecular weight is 259 g/mol. The predicted molar refractivity (Wildman–Crippen MR) is 28.0 cm³/mol. The van der Waals surface area contributed by atoms with Gasteiger partial charge < -0.3 is 0 Å². The smallest absolute Gasteiger partial charge is 0.0776 e. The van der Waals surface area contributed by atoms with E-state index in [4.69, 9.17) is 0 Å². The zero-order chi connectivity index (χ0) is 0. The molecule has 0 aliphatic rings. The molecule has 0 bridgehead atoms. The predicted octanol–water partition coefficient (Wildman–Crippen LogP) is -2.00. The van der Waals surface area contributed by atoms with Crippen LogP contribution in [-0.4, -0.2) is 28.3 Å². The second kappa shape index (κ2) is 24.6. The fourth-order valence-electron chi connectivity index (χ4n) is 0. The van der Waals surface area contributed by atoms with Crippen molar-refractivity contribution in [1.29, 1.82) is 0 Å². The van der Waals surface area contributed by atoms with Crippen LogP contribution in [0.25, 0.3) is 0 Å². The first-order chi connectivity index (χ1) is 0. The van der Waals surface area contributed by atoms with Crippen molar-refractivity contribution in [2.24, 2.45) is 0 Å². The Morgan fingerprint density at radius 2 is 1.00 bits per heavy atom. The zero-order valence-electron chi connectivity index (χ0n) is 0.447. The molecule has 0 heterocycles. The molecule has 0 aliphatic carbocycles. The van der Waals surface area contributed by atoms with Gasteiger partial charge in [-0.25, -0.2) is 0 Å². The van der Waals surface area contributed by atoms with Gasteiger partial charge in [0.2, 0.25) is 0 Å². The normalized spacial score (nSPS) is 0. The molecule has 0 saturated heterocycles. The standard InChI is InChI=1S/CH4.Al.H4Si.Ta.3H/h1H4;;1H4;;;;. The van der Waals surface area contributed by atoms with Crippen molar-refractivity contribution in [2.75, 3.05) is 0 Å². The van der Waals surface area contributed by atoms with Crippen LogP contribution in [0.15, 0.2) is 0 Å². The van der Waals surface area contributed by atoms with Gasteiger partial charge in [0.25, 0.3) is 0 Å². The molecule has 0 nitrogen and oxygen atoms in total. The molecule has 4 heavy (non-hydrogen) atoms. The van der Waals surface area contributed by atoms with Crippen molar-refractivity contribution in [2.45, 2.75) is 7.43 Å². The van der Waals surface area contributed by atoms with Gasteiger partial charge in [-0.05, 0) is 11.0 Å². The van der Waals surface area contributed by atoms with Crippen LogP contribution in [0.5, 0.6) is 0 Å². The Hall–Kier alpha value is 1.49. The minimum Gasteiger partial charge on any atom is -0.0776 e. The van der Waals surface area contributed by atoms with Crippen LogP contribution in [-0.2, 0) is 22.4 Å². The van der Waals surface area contributed by atoms with E-state index in [1.165, 1.54) is 0 Å². The van der Waals surface area contributed by atoms with Crippen LogP contribution in [0.1, 0.15) is 7.43 Å². The van der Waals surface area contributed by atoms with E-state index in [2.05, 4.69) is 0 Å². The summed E-state index contributed by atoms with van der Waals surface area (Å²) >= 11 is 0. The maximum absolute atomic E-state index is 0.